The van der Waals surface area contributed by atoms with Gasteiger partial charge in [-0.25, -0.2) is 0 Å². The van der Waals surface area contributed by atoms with E-state index in [1.807, 2.05) is 0 Å². The van der Waals surface area contributed by atoms with Crippen molar-refractivity contribution in [1.29, 1.82) is 0 Å². The number of aliphatic carboxylic acids is 1. The predicted molar refractivity (Wildman–Crippen MR) is 46.7 cm³/mol. The first-order valence-corrected chi connectivity index (χ1v) is 3.96. The highest BCUT2D eigenvalue weighted by atomic mass is 32.2. The molecule has 0 aromatic carbocycles. The lowest BCUT2D eigenvalue weighted by Crippen LogP contribution is -2.21. The SMILES string of the molecule is O=C(O)C(CS)C(S)S. The van der Waals surface area contributed by atoms with E-state index in [4.69, 9.17) is 5.11 Å². The van der Waals surface area contributed by atoms with Crippen LogP contribution in [0.15, 0.2) is 0 Å². The van der Waals surface area contributed by atoms with Crippen LogP contribution >= 0.6 is 37.9 Å². The molecule has 54 valence electrons. The van der Waals surface area contributed by atoms with Gasteiger partial charge in [-0.05, 0) is 0 Å². The molecule has 0 aliphatic heterocycles. The standard InChI is InChI=1S/C4H8O2S3/c5-3(6)2(1-7)4(8)9/h2,4,7-9H,1H2,(H,5,6). The van der Waals surface area contributed by atoms with Gasteiger partial charge >= 0.3 is 5.97 Å². The van der Waals surface area contributed by atoms with Gasteiger partial charge in [-0.2, -0.15) is 37.9 Å². The van der Waals surface area contributed by atoms with Crippen LogP contribution in [0.5, 0.6) is 0 Å². The molecule has 0 spiro atoms. The molecule has 2 nitrogen and oxygen atoms in total. The minimum absolute atomic E-state index is 0.271. The van der Waals surface area contributed by atoms with Crippen molar-refractivity contribution in [2.75, 3.05) is 5.75 Å². The summed E-state index contributed by atoms with van der Waals surface area (Å²) in [5.41, 5.74) is 0. The molecule has 0 aromatic rings. The van der Waals surface area contributed by atoms with Crippen molar-refractivity contribution in [1.82, 2.24) is 0 Å². The average Bonchev–Trinajstić information content (AvgIpc) is 1.64. The van der Waals surface area contributed by atoms with E-state index in [0.29, 0.717) is 0 Å². The van der Waals surface area contributed by atoms with Crippen LogP contribution in [0, 0.1) is 5.92 Å². The summed E-state index contributed by atoms with van der Waals surface area (Å²) in [6.07, 6.45) is 0. The topological polar surface area (TPSA) is 37.3 Å². The van der Waals surface area contributed by atoms with Crippen LogP contribution in [0.3, 0.4) is 0 Å². The number of carbonyl (C=O) groups is 1. The third-order valence-electron chi connectivity index (χ3n) is 0.874. The Hall–Kier alpha value is 0.520. The van der Waals surface area contributed by atoms with Gasteiger partial charge in [-0.1, -0.05) is 0 Å². The van der Waals surface area contributed by atoms with Gasteiger partial charge in [0.25, 0.3) is 0 Å². The summed E-state index contributed by atoms with van der Waals surface area (Å²) >= 11 is 11.5. The Bertz CT molecular complexity index is 104. The molecule has 0 amide bonds. The van der Waals surface area contributed by atoms with Gasteiger partial charge in [0, 0.05) is 5.75 Å². The van der Waals surface area contributed by atoms with E-state index in [1.54, 1.807) is 0 Å². The predicted octanol–water partition coefficient (Wildman–Crippen LogP) is 0.803. The minimum Gasteiger partial charge on any atom is -0.481 e. The Kier molecular flexibility index (Phi) is 4.61. The largest absolute Gasteiger partial charge is 0.481 e. The van der Waals surface area contributed by atoms with Crippen LogP contribution in [0.4, 0.5) is 0 Å². The van der Waals surface area contributed by atoms with Crippen molar-refractivity contribution < 1.29 is 9.90 Å². The van der Waals surface area contributed by atoms with Crippen molar-refractivity contribution in [3.05, 3.63) is 0 Å². The lowest BCUT2D eigenvalue weighted by molar-refractivity contribution is -0.140. The van der Waals surface area contributed by atoms with E-state index in [0.717, 1.165) is 0 Å². The molecule has 0 aliphatic carbocycles. The van der Waals surface area contributed by atoms with Crippen molar-refractivity contribution >= 4 is 43.9 Å². The maximum absolute atomic E-state index is 10.2. The molecule has 0 saturated carbocycles. The number of thiol groups is 3. The second-order valence-electron chi connectivity index (χ2n) is 1.54. The second kappa shape index (κ2) is 4.35. The Morgan fingerprint density at radius 3 is 2.00 bits per heavy atom. The van der Waals surface area contributed by atoms with Crippen LogP contribution in [0.1, 0.15) is 0 Å². The first kappa shape index (κ1) is 9.52. The zero-order valence-electron chi connectivity index (χ0n) is 4.56. The van der Waals surface area contributed by atoms with Crippen LogP contribution in [0.2, 0.25) is 0 Å². The lowest BCUT2D eigenvalue weighted by Gasteiger charge is -2.10. The molecule has 1 unspecified atom stereocenters. The quantitative estimate of drug-likeness (QED) is 0.387. The fourth-order valence-electron chi connectivity index (χ4n) is 0.300. The highest BCUT2D eigenvalue weighted by molar-refractivity contribution is 7.99. The van der Waals surface area contributed by atoms with Crippen LogP contribution in [-0.4, -0.2) is 21.4 Å². The van der Waals surface area contributed by atoms with Crippen molar-refractivity contribution in [3.8, 4) is 0 Å². The molecule has 0 aromatic heterocycles. The monoisotopic (exact) mass is 184 g/mol. The molecule has 0 radical (unpaired) electrons. The number of carboxylic acid groups (broad SMARTS) is 1. The first-order chi connectivity index (χ1) is 4.09. The number of rotatable bonds is 3. The smallest absolute Gasteiger partial charge is 0.309 e. The highest BCUT2D eigenvalue weighted by Crippen LogP contribution is 2.15. The summed E-state index contributed by atoms with van der Waals surface area (Å²) in [6.45, 7) is 0. The zero-order valence-corrected chi connectivity index (χ0v) is 7.24. The Morgan fingerprint density at radius 1 is 1.56 bits per heavy atom. The van der Waals surface area contributed by atoms with Gasteiger partial charge in [0.15, 0.2) is 0 Å². The maximum Gasteiger partial charge on any atom is 0.309 e. The van der Waals surface area contributed by atoms with Gasteiger partial charge in [0.05, 0.1) is 10.5 Å². The molecule has 0 fully saturated rings. The van der Waals surface area contributed by atoms with E-state index in [1.165, 1.54) is 0 Å². The van der Waals surface area contributed by atoms with Crippen molar-refractivity contribution in [3.63, 3.8) is 0 Å². The van der Waals surface area contributed by atoms with Crippen molar-refractivity contribution in [2.24, 2.45) is 5.92 Å². The third kappa shape index (κ3) is 3.27. The van der Waals surface area contributed by atoms with E-state index in [9.17, 15) is 4.79 Å². The summed E-state index contributed by atoms with van der Waals surface area (Å²) in [6, 6.07) is 0. The van der Waals surface area contributed by atoms with E-state index in [-0.39, 0.29) is 5.75 Å². The molecule has 0 bridgehead atoms. The van der Waals surface area contributed by atoms with Gasteiger partial charge in [0.2, 0.25) is 0 Å². The summed E-state index contributed by atoms with van der Waals surface area (Å²) in [7, 11) is 0. The van der Waals surface area contributed by atoms with Crippen LogP contribution < -0.4 is 0 Å². The number of carboxylic acids is 1. The molecule has 0 heterocycles. The number of hydrogen-bond donors (Lipinski definition) is 4. The Labute approximate surface area is 70.3 Å². The maximum atomic E-state index is 10.2. The third-order valence-corrected chi connectivity index (χ3v) is 1.99. The van der Waals surface area contributed by atoms with Crippen LogP contribution in [0.25, 0.3) is 0 Å². The normalized spacial score (nSPS) is 13.8. The fourth-order valence-corrected chi connectivity index (χ4v) is 1.47. The van der Waals surface area contributed by atoms with Crippen molar-refractivity contribution in [2.45, 2.75) is 4.58 Å². The van der Waals surface area contributed by atoms with Gasteiger partial charge in [0.1, 0.15) is 0 Å². The van der Waals surface area contributed by atoms with E-state index < -0.39 is 16.5 Å². The molecule has 9 heavy (non-hydrogen) atoms. The Balaban J connectivity index is 3.83. The van der Waals surface area contributed by atoms with E-state index in [2.05, 4.69) is 37.9 Å². The Morgan fingerprint density at radius 2 is 2.00 bits per heavy atom. The summed E-state index contributed by atoms with van der Waals surface area (Å²) in [5.74, 6) is -1.20. The summed E-state index contributed by atoms with van der Waals surface area (Å²) < 4.78 is -0.431. The number of hydrogen-bond acceptors (Lipinski definition) is 4. The summed E-state index contributed by atoms with van der Waals surface area (Å²) in [4.78, 5) is 10.2. The average molecular weight is 184 g/mol. The summed E-state index contributed by atoms with van der Waals surface area (Å²) in [5, 5.41) is 8.40. The van der Waals surface area contributed by atoms with Gasteiger partial charge in [-0.15, -0.1) is 0 Å². The first-order valence-electron chi connectivity index (χ1n) is 2.29. The van der Waals surface area contributed by atoms with E-state index >= 15 is 0 Å². The molecule has 5 heteroatoms. The molecule has 0 aliphatic rings. The minimum atomic E-state index is -0.903. The molecule has 1 N–H and O–H groups in total. The molecular formula is C4H8O2S3. The lowest BCUT2D eigenvalue weighted by atomic mass is 10.2. The van der Waals surface area contributed by atoms with Gasteiger partial charge < -0.3 is 5.11 Å². The van der Waals surface area contributed by atoms with Crippen LogP contribution in [-0.2, 0) is 4.79 Å². The highest BCUT2D eigenvalue weighted by Gasteiger charge is 2.20. The van der Waals surface area contributed by atoms with Gasteiger partial charge in [-0.3, -0.25) is 4.79 Å². The zero-order chi connectivity index (χ0) is 7.44. The molecule has 1 atom stereocenters. The molecule has 0 saturated heterocycles. The molecular weight excluding hydrogens is 176 g/mol. The fraction of sp³-hybridized carbons (Fsp3) is 0.750. The second-order valence-corrected chi connectivity index (χ2v) is 3.43. The molecule has 0 rings (SSSR count).